The SMILES string of the molecule is CC.CC12CCC3C(CCC4(C)CCCCC34C)C1CC[C@@H]2CC=O. The Bertz CT molecular complexity index is 484. The second-order valence-electron chi connectivity index (χ2n) is 10.3. The van der Waals surface area contributed by atoms with E-state index in [4.69, 9.17) is 0 Å². The van der Waals surface area contributed by atoms with E-state index in [2.05, 4.69) is 20.8 Å². The third kappa shape index (κ3) is 2.74. The highest BCUT2D eigenvalue weighted by molar-refractivity contribution is 5.50. The first kappa shape index (κ1) is 19.4. The van der Waals surface area contributed by atoms with Gasteiger partial charge in [-0.05, 0) is 91.3 Å². The van der Waals surface area contributed by atoms with Crippen LogP contribution < -0.4 is 0 Å². The predicted molar refractivity (Wildman–Crippen MR) is 106 cm³/mol. The van der Waals surface area contributed by atoms with E-state index in [0.29, 0.717) is 22.2 Å². The van der Waals surface area contributed by atoms with Gasteiger partial charge in [0.1, 0.15) is 6.29 Å². The molecule has 0 bridgehead atoms. The number of aldehydes is 1. The van der Waals surface area contributed by atoms with Gasteiger partial charge in [0.2, 0.25) is 0 Å². The minimum Gasteiger partial charge on any atom is -0.303 e. The number of carbonyl (C=O) groups excluding carboxylic acids is 1. The van der Waals surface area contributed by atoms with Crippen molar-refractivity contribution in [2.45, 2.75) is 105 Å². The molecule has 0 aliphatic heterocycles. The van der Waals surface area contributed by atoms with Crippen LogP contribution in [0.1, 0.15) is 105 Å². The van der Waals surface area contributed by atoms with Gasteiger partial charge in [-0.15, -0.1) is 0 Å². The molecule has 4 rings (SSSR count). The van der Waals surface area contributed by atoms with E-state index >= 15 is 0 Å². The van der Waals surface area contributed by atoms with Crippen molar-refractivity contribution in [3.8, 4) is 0 Å². The lowest BCUT2D eigenvalue weighted by Gasteiger charge is -2.64. The Hall–Kier alpha value is -0.330. The second-order valence-corrected chi connectivity index (χ2v) is 10.3. The number of hydrogen-bond acceptors (Lipinski definition) is 1. The second kappa shape index (κ2) is 7.01. The molecule has 0 aromatic carbocycles. The van der Waals surface area contributed by atoms with Crippen LogP contribution in [0.3, 0.4) is 0 Å². The third-order valence-electron chi connectivity index (χ3n) is 9.92. The topological polar surface area (TPSA) is 17.1 Å². The maximum atomic E-state index is 11.1. The number of hydrogen-bond donors (Lipinski definition) is 0. The van der Waals surface area contributed by atoms with Gasteiger partial charge in [0.05, 0.1) is 0 Å². The van der Waals surface area contributed by atoms with Crippen LogP contribution in [-0.2, 0) is 4.79 Å². The molecule has 0 heterocycles. The van der Waals surface area contributed by atoms with Gasteiger partial charge in [0.25, 0.3) is 0 Å². The van der Waals surface area contributed by atoms with Crippen molar-refractivity contribution in [1.29, 1.82) is 0 Å². The van der Waals surface area contributed by atoms with Crippen LogP contribution >= 0.6 is 0 Å². The van der Waals surface area contributed by atoms with Crippen molar-refractivity contribution in [1.82, 2.24) is 0 Å². The molecule has 0 spiro atoms. The molecule has 0 saturated heterocycles. The molecule has 0 amide bonds. The van der Waals surface area contributed by atoms with Gasteiger partial charge in [-0.25, -0.2) is 0 Å². The fourth-order valence-corrected chi connectivity index (χ4v) is 8.22. The Morgan fingerprint density at radius 2 is 1.56 bits per heavy atom. The summed E-state index contributed by atoms with van der Waals surface area (Å²) < 4.78 is 0. The van der Waals surface area contributed by atoms with Crippen molar-refractivity contribution in [2.75, 3.05) is 0 Å². The number of carbonyl (C=O) groups is 1. The molecule has 4 fully saturated rings. The van der Waals surface area contributed by atoms with Crippen LogP contribution in [0.4, 0.5) is 0 Å². The molecular formula is C24H42O. The maximum absolute atomic E-state index is 11.1. The Labute approximate surface area is 156 Å². The average molecular weight is 347 g/mol. The van der Waals surface area contributed by atoms with Crippen LogP contribution in [0.25, 0.3) is 0 Å². The molecule has 7 atom stereocenters. The zero-order chi connectivity index (χ0) is 18.3. The smallest absolute Gasteiger partial charge is 0.120 e. The summed E-state index contributed by atoms with van der Waals surface area (Å²) in [6.45, 7) is 11.8. The first-order chi connectivity index (χ1) is 11.9. The molecule has 0 aromatic heterocycles. The monoisotopic (exact) mass is 346 g/mol. The number of fused-ring (bicyclic) bond motifs is 5. The molecule has 4 aliphatic carbocycles. The molecule has 1 nitrogen and oxygen atoms in total. The Morgan fingerprint density at radius 1 is 0.840 bits per heavy atom. The fraction of sp³-hybridized carbons (Fsp3) is 0.958. The third-order valence-corrected chi connectivity index (χ3v) is 9.92. The first-order valence-electron chi connectivity index (χ1n) is 11.4. The molecular weight excluding hydrogens is 304 g/mol. The Kier molecular flexibility index (Phi) is 5.45. The van der Waals surface area contributed by atoms with Gasteiger partial charge in [-0.1, -0.05) is 47.5 Å². The summed E-state index contributed by atoms with van der Waals surface area (Å²) in [6.07, 6.45) is 16.4. The van der Waals surface area contributed by atoms with E-state index in [-0.39, 0.29) is 0 Å². The van der Waals surface area contributed by atoms with Crippen LogP contribution in [0.15, 0.2) is 0 Å². The highest BCUT2D eigenvalue weighted by atomic mass is 16.1. The number of rotatable bonds is 2. The van der Waals surface area contributed by atoms with Gasteiger partial charge in [-0.2, -0.15) is 0 Å². The average Bonchev–Trinajstić information content (AvgIpc) is 2.94. The summed E-state index contributed by atoms with van der Waals surface area (Å²) >= 11 is 0. The van der Waals surface area contributed by atoms with Gasteiger partial charge < -0.3 is 4.79 Å². The molecule has 4 saturated carbocycles. The van der Waals surface area contributed by atoms with Crippen LogP contribution in [-0.4, -0.2) is 6.29 Å². The van der Waals surface area contributed by atoms with Crippen molar-refractivity contribution in [3.05, 3.63) is 0 Å². The quantitative estimate of drug-likeness (QED) is 0.490. The van der Waals surface area contributed by atoms with E-state index < -0.39 is 0 Å². The fourth-order valence-electron chi connectivity index (χ4n) is 8.22. The largest absolute Gasteiger partial charge is 0.303 e. The van der Waals surface area contributed by atoms with Crippen molar-refractivity contribution < 1.29 is 4.79 Å². The lowest BCUT2D eigenvalue weighted by atomic mass is 9.40. The van der Waals surface area contributed by atoms with E-state index in [0.717, 1.165) is 24.2 Å². The van der Waals surface area contributed by atoms with Crippen molar-refractivity contribution in [3.63, 3.8) is 0 Å². The molecule has 4 aliphatic rings. The summed E-state index contributed by atoms with van der Waals surface area (Å²) in [7, 11) is 0. The van der Waals surface area contributed by atoms with E-state index in [1.54, 1.807) is 0 Å². The Morgan fingerprint density at radius 3 is 2.28 bits per heavy atom. The lowest BCUT2D eigenvalue weighted by molar-refractivity contribution is -0.152. The highest BCUT2D eigenvalue weighted by Gasteiger charge is 2.62. The lowest BCUT2D eigenvalue weighted by Crippen LogP contribution is -2.56. The first-order valence-corrected chi connectivity index (χ1v) is 11.4. The summed E-state index contributed by atoms with van der Waals surface area (Å²) in [4.78, 5) is 11.1. The predicted octanol–water partition coefficient (Wildman–Crippen LogP) is 7.04. The highest BCUT2D eigenvalue weighted by Crippen LogP contribution is 2.70. The summed E-state index contributed by atoms with van der Waals surface area (Å²) in [5.41, 5.74) is 1.68. The molecule has 144 valence electrons. The molecule has 0 aromatic rings. The van der Waals surface area contributed by atoms with Gasteiger partial charge in [0, 0.05) is 6.42 Å². The maximum Gasteiger partial charge on any atom is 0.120 e. The summed E-state index contributed by atoms with van der Waals surface area (Å²) in [6, 6.07) is 0. The zero-order valence-electron chi connectivity index (χ0n) is 17.6. The zero-order valence-corrected chi connectivity index (χ0v) is 17.6. The Balaban J connectivity index is 0.000000880. The summed E-state index contributed by atoms with van der Waals surface area (Å²) in [5.74, 6) is 3.52. The minimum atomic E-state index is 0.473. The van der Waals surface area contributed by atoms with Gasteiger partial charge in [0.15, 0.2) is 0 Å². The van der Waals surface area contributed by atoms with E-state index in [9.17, 15) is 4.79 Å². The molecule has 0 N–H and O–H groups in total. The van der Waals surface area contributed by atoms with Crippen LogP contribution in [0.5, 0.6) is 0 Å². The summed E-state index contributed by atoms with van der Waals surface area (Å²) in [5, 5.41) is 0. The standard InChI is InChI=1S/C22H36O.C2H6/c1-20-11-4-5-12-22(20,3)19-9-14-21(2)16(10-15-23)6-7-18(21)17(19)8-13-20;1-2/h15-19H,4-14H2,1-3H3;1-2H3/t16-,17?,18?,19?,20?,21?,22?;/m1./s1. The van der Waals surface area contributed by atoms with E-state index in [1.807, 2.05) is 13.8 Å². The van der Waals surface area contributed by atoms with Crippen molar-refractivity contribution in [2.24, 2.45) is 39.9 Å². The van der Waals surface area contributed by atoms with Crippen LogP contribution in [0, 0.1) is 39.9 Å². The minimum absolute atomic E-state index is 0.473. The van der Waals surface area contributed by atoms with E-state index in [1.165, 1.54) is 70.5 Å². The molecule has 6 unspecified atom stereocenters. The molecule has 25 heavy (non-hydrogen) atoms. The van der Waals surface area contributed by atoms with Gasteiger partial charge >= 0.3 is 0 Å². The molecule has 1 heteroatoms. The van der Waals surface area contributed by atoms with Crippen LogP contribution in [0.2, 0.25) is 0 Å². The van der Waals surface area contributed by atoms with Gasteiger partial charge in [-0.3, -0.25) is 0 Å². The normalized spacial score (nSPS) is 51.4. The molecule has 0 radical (unpaired) electrons. The van der Waals surface area contributed by atoms with Crippen molar-refractivity contribution >= 4 is 6.29 Å².